The van der Waals surface area contributed by atoms with E-state index in [1.54, 1.807) is 49.0 Å². The van der Waals surface area contributed by atoms with Gasteiger partial charge in [-0.1, -0.05) is 48.0 Å². The maximum absolute atomic E-state index is 13.0. The molecule has 0 saturated carbocycles. The van der Waals surface area contributed by atoms with Crippen LogP contribution in [0.4, 0.5) is 11.4 Å². The van der Waals surface area contributed by atoms with E-state index in [4.69, 9.17) is 11.6 Å². The highest BCUT2D eigenvalue weighted by atomic mass is 35.5. The van der Waals surface area contributed by atoms with Crippen LogP contribution in [-0.4, -0.2) is 23.7 Å². The van der Waals surface area contributed by atoms with Crippen LogP contribution in [0.2, 0.25) is 5.02 Å². The summed E-state index contributed by atoms with van der Waals surface area (Å²) in [6, 6.07) is 21.1. The number of sulfonamides is 1. The van der Waals surface area contributed by atoms with Crippen molar-refractivity contribution in [2.75, 3.05) is 10.0 Å². The third kappa shape index (κ3) is 4.48. The normalized spacial score (nSPS) is 11.3. The molecular weight excluding hydrogens is 476 g/mol. The van der Waals surface area contributed by atoms with Crippen molar-refractivity contribution in [1.29, 1.82) is 0 Å². The van der Waals surface area contributed by atoms with E-state index in [2.05, 4.69) is 10.0 Å². The van der Waals surface area contributed by atoms with Crippen molar-refractivity contribution in [2.45, 2.75) is 11.8 Å². The summed E-state index contributed by atoms with van der Waals surface area (Å²) >= 11 is 6.26. The maximum Gasteiger partial charge on any atom is 0.295 e. The SMILES string of the molecule is Cc1c(NC(=O)c2ccc(NS(=O)(=O)c3ccccc3)c(Cl)c2)c(=O)n(-c2ccccc2)n1C. The minimum absolute atomic E-state index is 0.0404. The molecule has 0 radical (unpaired) electrons. The van der Waals surface area contributed by atoms with E-state index in [1.165, 1.54) is 35.0 Å². The van der Waals surface area contributed by atoms with E-state index in [-0.39, 0.29) is 32.4 Å². The zero-order chi connectivity index (χ0) is 24.5. The zero-order valence-corrected chi connectivity index (χ0v) is 19.9. The van der Waals surface area contributed by atoms with Gasteiger partial charge in [-0.05, 0) is 49.4 Å². The van der Waals surface area contributed by atoms with Crippen LogP contribution in [0.1, 0.15) is 16.1 Å². The summed E-state index contributed by atoms with van der Waals surface area (Å²) < 4.78 is 30.6. The van der Waals surface area contributed by atoms with Gasteiger partial charge in [-0.3, -0.25) is 19.0 Å². The number of anilines is 2. The molecule has 2 N–H and O–H groups in total. The summed E-state index contributed by atoms with van der Waals surface area (Å²) in [7, 11) is -2.11. The van der Waals surface area contributed by atoms with E-state index in [1.807, 2.05) is 18.2 Å². The molecule has 174 valence electrons. The van der Waals surface area contributed by atoms with Gasteiger partial charge < -0.3 is 5.32 Å². The summed E-state index contributed by atoms with van der Waals surface area (Å²) in [6.07, 6.45) is 0. The maximum atomic E-state index is 13.0. The van der Waals surface area contributed by atoms with E-state index in [9.17, 15) is 18.0 Å². The number of benzene rings is 3. The van der Waals surface area contributed by atoms with Gasteiger partial charge in [0.2, 0.25) is 0 Å². The summed E-state index contributed by atoms with van der Waals surface area (Å²) in [5, 5.41) is 2.70. The summed E-state index contributed by atoms with van der Waals surface area (Å²) in [5.41, 5.74) is 1.29. The standard InChI is InChI=1S/C24H21ClN4O4S/c1-16-22(24(31)29(28(16)2)18-9-5-3-6-10-18)26-23(30)17-13-14-21(20(25)15-17)27-34(32,33)19-11-7-4-8-12-19/h3-15,27H,1-2H3,(H,26,30). The molecule has 34 heavy (non-hydrogen) atoms. The molecule has 0 spiro atoms. The predicted octanol–water partition coefficient (Wildman–Crippen LogP) is 4.19. The Labute approximate surface area is 201 Å². The molecule has 3 aromatic carbocycles. The Bertz CT molecular complexity index is 1530. The van der Waals surface area contributed by atoms with E-state index in [0.717, 1.165) is 0 Å². The molecule has 0 fully saturated rings. The number of carbonyl (C=O) groups excluding carboxylic acids is 1. The molecule has 0 aliphatic carbocycles. The third-order valence-electron chi connectivity index (χ3n) is 5.32. The van der Waals surface area contributed by atoms with Crippen molar-refractivity contribution in [3.05, 3.63) is 105 Å². The van der Waals surface area contributed by atoms with E-state index >= 15 is 0 Å². The Kier molecular flexibility index (Phi) is 6.32. The minimum Gasteiger partial charge on any atom is -0.316 e. The molecule has 1 amide bonds. The molecule has 0 bridgehead atoms. The topological polar surface area (TPSA) is 102 Å². The van der Waals surface area contributed by atoms with Crippen molar-refractivity contribution in [2.24, 2.45) is 7.05 Å². The Morgan fingerprint density at radius 1 is 0.941 bits per heavy atom. The second-order valence-corrected chi connectivity index (χ2v) is 9.59. The van der Waals surface area contributed by atoms with E-state index < -0.39 is 15.9 Å². The monoisotopic (exact) mass is 496 g/mol. The molecule has 10 heteroatoms. The molecule has 8 nitrogen and oxygen atoms in total. The van der Waals surface area contributed by atoms with Crippen LogP contribution in [0.15, 0.2) is 88.6 Å². The number of para-hydroxylation sites is 1. The fraction of sp³-hybridized carbons (Fsp3) is 0.0833. The Balaban J connectivity index is 1.58. The van der Waals surface area contributed by atoms with Crippen LogP contribution in [0.3, 0.4) is 0 Å². The lowest BCUT2D eigenvalue weighted by Crippen LogP contribution is -2.23. The Hall–Kier alpha value is -3.82. The fourth-order valence-electron chi connectivity index (χ4n) is 3.44. The van der Waals surface area contributed by atoms with Crippen LogP contribution in [0.5, 0.6) is 0 Å². The van der Waals surface area contributed by atoms with Crippen LogP contribution >= 0.6 is 11.6 Å². The predicted molar refractivity (Wildman–Crippen MR) is 132 cm³/mol. The number of hydrogen-bond donors (Lipinski definition) is 2. The lowest BCUT2D eigenvalue weighted by Gasteiger charge is -2.11. The lowest BCUT2D eigenvalue weighted by molar-refractivity contribution is 0.102. The van der Waals surface area contributed by atoms with Crippen molar-refractivity contribution >= 4 is 38.9 Å². The second-order valence-electron chi connectivity index (χ2n) is 7.50. The zero-order valence-electron chi connectivity index (χ0n) is 18.3. The third-order valence-corrected chi connectivity index (χ3v) is 7.02. The number of halogens is 1. The van der Waals surface area contributed by atoms with Gasteiger partial charge in [-0.15, -0.1) is 0 Å². The molecule has 0 aliphatic heterocycles. The fourth-order valence-corrected chi connectivity index (χ4v) is 4.83. The Morgan fingerprint density at radius 2 is 1.56 bits per heavy atom. The first-order valence-electron chi connectivity index (χ1n) is 10.2. The van der Waals surface area contributed by atoms with Gasteiger partial charge in [-0.2, -0.15) is 0 Å². The summed E-state index contributed by atoms with van der Waals surface area (Å²) in [6.45, 7) is 1.73. The molecule has 0 aliphatic rings. The molecule has 4 aromatic rings. The van der Waals surface area contributed by atoms with Crippen molar-refractivity contribution in [3.8, 4) is 5.69 Å². The van der Waals surface area contributed by atoms with Gasteiger partial charge in [-0.25, -0.2) is 13.1 Å². The lowest BCUT2D eigenvalue weighted by atomic mass is 10.2. The number of nitrogens with zero attached hydrogens (tertiary/aromatic N) is 2. The Morgan fingerprint density at radius 3 is 2.18 bits per heavy atom. The highest BCUT2D eigenvalue weighted by Gasteiger charge is 2.20. The van der Waals surface area contributed by atoms with Crippen LogP contribution < -0.4 is 15.6 Å². The van der Waals surface area contributed by atoms with Crippen LogP contribution in [0, 0.1) is 6.92 Å². The summed E-state index contributed by atoms with van der Waals surface area (Å²) in [4.78, 5) is 26.0. The van der Waals surface area contributed by atoms with Crippen molar-refractivity contribution in [1.82, 2.24) is 9.36 Å². The summed E-state index contributed by atoms with van der Waals surface area (Å²) in [5.74, 6) is -0.551. The first-order chi connectivity index (χ1) is 16.2. The van der Waals surface area contributed by atoms with Crippen LogP contribution in [0.25, 0.3) is 5.69 Å². The molecule has 0 unspecified atom stereocenters. The minimum atomic E-state index is -3.84. The number of aromatic nitrogens is 2. The first kappa shape index (κ1) is 23.3. The molecular formula is C24H21ClN4O4S. The van der Waals surface area contributed by atoms with Gasteiger partial charge in [0.25, 0.3) is 21.5 Å². The van der Waals surface area contributed by atoms with Gasteiger partial charge in [0.15, 0.2) is 0 Å². The van der Waals surface area contributed by atoms with Crippen LogP contribution in [-0.2, 0) is 17.1 Å². The van der Waals surface area contributed by atoms with Crippen molar-refractivity contribution < 1.29 is 13.2 Å². The number of carbonyl (C=O) groups is 1. The molecule has 0 atom stereocenters. The molecule has 1 heterocycles. The average molecular weight is 497 g/mol. The first-order valence-corrected chi connectivity index (χ1v) is 12.1. The van der Waals surface area contributed by atoms with E-state index in [0.29, 0.717) is 11.4 Å². The van der Waals surface area contributed by atoms with Crippen molar-refractivity contribution in [3.63, 3.8) is 0 Å². The molecule has 1 aromatic heterocycles. The van der Waals surface area contributed by atoms with Gasteiger partial charge >= 0.3 is 0 Å². The smallest absolute Gasteiger partial charge is 0.295 e. The number of hydrogen-bond acceptors (Lipinski definition) is 4. The largest absolute Gasteiger partial charge is 0.316 e. The highest BCUT2D eigenvalue weighted by Crippen LogP contribution is 2.26. The van der Waals surface area contributed by atoms with Gasteiger partial charge in [0.1, 0.15) is 5.69 Å². The number of rotatable bonds is 6. The quantitative estimate of drug-likeness (QED) is 0.418. The number of nitrogens with one attached hydrogen (secondary N) is 2. The van der Waals surface area contributed by atoms with Gasteiger partial charge in [0, 0.05) is 12.6 Å². The molecule has 4 rings (SSSR count). The second kappa shape index (κ2) is 9.20. The highest BCUT2D eigenvalue weighted by molar-refractivity contribution is 7.92. The molecule has 0 saturated heterocycles. The number of amides is 1. The van der Waals surface area contributed by atoms with Gasteiger partial charge in [0.05, 0.1) is 27.0 Å². The average Bonchev–Trinajstić information content (AvgIpc) is 3.04.